The number of amides is 2. The first-order valence-corrected chi connectivity index (χ1v) is 8.76. The summed E-state index contributed by atoms with van der Waals surface area (Å²) in [5.41, 5.74) is 0.496. The summed E-state index contributed by atoms with van der Waals surface area (Å²) < 4.78 is 5.70. The topological polar surface area (TPSA) is 71.3 Å². The fraction of sp³-hybridized carbons (Fsp3) is 0.333. The van der Waals surface area contributed by atoms with Crippen LogP contribution in [0.15, 0.2) is 32.7 Å². The first kappa shape index (κ1) is 15.3. The Bertz CT molecular complexity index is 689. The fourth-order valence-corrected chi connectivity index (χ4v) is 3.61. The highest BCUT2D eigenvalue weighted by Gasteiger charge is 2.21. The maximum atomic E-state index is 12.3. The second-order valence-electron chi connectivity index (χ2n) is 5.18. The monoisotopic (exact) mass is 382 g/mol. The molecule has 2 aromatic heterocycles. The van der Waals surface area contributed by atoms with Crippen LogP contribution in [0.25, 0.3) is 0 Å². The van der Waals surface area contributed by atoms with Crippen molar-refractivity contribution in [1.82, 2.24) is 5.32 Å². The van der Waals surface area contributed by atoms with E-state index in [9.17, 15) is 9.59 Å². The summed E-state index contributed by atoms with van der Waals surface area (Å²) in [6, 6.07) is 5.20. The summed E-state index contributed by atoms with van der Waals surface area (Å²) in [4.78, 5) is 24.4. The maximum absolute atomic E-state index is 12.3. The summed E-state index contributed by atoms with van der Waals surface area (Å²) in [5.74, 6) is -0.311. The van der Waals surface area contributed by atoms with Crippen LogP contribution in [0.4, 0.5) is 5.00 Å². The standard InChI is InChI=1S/C15H15BrN2O3S/c16-12-6-5-11(21-12)14(20)18-15-10(7-8-22-15)13(19)17-9-3-1-2-4-9/h5-9H,1-4H2,(H,17,19)(H,18,20). The summed E-state index contributed by atoms with van der Waals surface area (Å²) in [6.45, 7) is 0. The van der Waals surface area contributed by atoms with Gasteiger partial charge < -0.3 is 15.1 Å². The molecule has 22 heavy (non-hydrogen) atoms. The molecule has 2 N–H and O–H groups in total. The number of carbonyl (C=O) groups excluding carboxylic acids is 2. The molecular weight excluding hydrogens is 368 g/mol. The van der Waals surface area contributed by atoms with Crippen LogP contribution < -0.4 is 10.6 Å². The van der Waals surface area contributed by atoms with Crippen LogP contribution >= 0.6 is 27.3 Å². The molecule has 2 heterocycles. The molecule has 0 aliphatic heterocycles. The van der Waals surface area contributed by atoms with E-state index in [1.165, 1.54) is 11.3 Å². The highest BCUT2D eigenvalue weighted by atomic mass is 79.9. The lowest BCUT2D eigenvalue weighted by Crippen LogP contribution is -2.32. The Morgan fingerprint density at radius 2 is 1.95 bits per heavy atom. The molecule has 0 radical (unpaired) electrons. The third kappa shape index (κ3) is 3.41. The predicted molar refractivity (Wildman–Crippen MR) is 88.4 cm³/mol. The Hall–Kier alpha value is -1.60. The lowest BCUT2D eigenvalue weighted by atomic mass is 10.2. The van der Waals surface area contributed by atoms with Gasteiger partial charge in [0.05, 0.1) is 5.56 Å². The number of hydrogen-bond donors (Lipinski definition) is 2. The zero-order valence-electron chi connectivity index (χ0n) is 11.7. The Balaban J connectivity index is 1.68. The van der Waals surface area contributed by atoms with Gasteiger partial charge in [-0.05, 0) is 52.4 Å². The lowest BCUT2D eigenvalue weighted by molar-refractivity contribution is 0.0939. The minimum Gasteiger partial charge on any atom is -0.444 e. The molecule has 1 aliphatic rings. The Morgan fingerprint density at radius 3 is 2.64 bits per heavy atom. The molecule has 0 spiro atoms. The first-order chi connectivity index (χ1) is 10.6. The van der Waals surface area contributed by atoms with Gasteiger partial charge in [0, 0.05) is 6.04 Å². The molecule has 3 rings (SSSR count). The molecule has 5 nitrogen and oxygen atoms in total. The Labute approximate surface area is 140 Å². The third-order valence-corrected chi connectivity index (χ3v) is 4.88. The predicted octanol–water partition coefficient (Wildman–Crippen LogP) is 4.03. The van der Waals surface area contributed by atoms with Gasteiger partial charge in [0.1, 0.15) is 5.00 Å². The molecule has 0 bridgehead atoms. The van der Waals surface area contributed by atoms with Crippen LogP contribution in [0, 0.1) is 0 Å². The van der Waals surface area contributed by atoms with Crippen LogP contribution in [-0.4, -0.2) is 17.9 Å². The van der Waals surface area contributed by atoms with Crippen LogP contribution in [0.1, 0.15) is 46.6 Å². The average molecular weight is 383 g/mol. The SMILES string of the molecule is O=C(Nc1sccc1C(=O)NC1CCCC1)c1ccc(Br)o1. The number of nitrogens with one attached hydrogen (secondary N) is 2. The van der Waals surface area contributed by atoms with Crippen LogP contribution in [0.3, 0.4) is 0 Å². The van der Waals surface area contributed by atoms with Gasteiger partial charge in [-0.3, -0.25) is 9.59 Å². The molecule has 0 aromatic carbocycles. The van der Waals surface area contributed by atoms with Crippen molar-refractivity contribution in [2.45, 2.75) is 31.7 Å². The maximum Gasteiger partial charge on any atom is 0.292 e. The minimum atomic E-state index is -0.372. The highest BCUT2D eigenvalue weighted by molar-refractivity contribution is 9.10. The number of halogens is 1. The van der Waals surface area contributed by atoms with E-state index in [1.54, 1.807) is 23.6 Å². The number of rotatable bonds is 4. The second-order valence-corrected chi connectivity index (χ2v) is 6.87. The zero-order chi connectivity index (χ0) is 15.5. The zero-order valence-corrected chi connectivity index (χ0v) is 14.1. The van der Waals surface area contributed by atoms with Gasteiger partial charge in [-0.2, -0.15) is 0 Å². The van der Waals surface area contributed by atoms with E-state index in [0.717, 1.165) is 25.7 Å². The van der Waals surface area contributed by atoms with E-state index in [0.29, 0.717) is 15.2 Å². The molecule has 1 saturated carbocycles. The smallest absolute Gasteiger partial charge is 0.292 e. The van der Waals surface area contributed by atoms with Gasteiger partial charge in [0.2, 0.25) is 0 Å². The molecular formula is C15H15BrN2O3S. The lowest BCUT2D eigenvalue weighted by Gasteiger charge is -2.12. The molecule has 116 valence electrons. The van der Waals surface area contributed by atoms with Crippen LogP contribution in [0.2, 0.25) is 0 Å². The van der Waals surface area contributed by atoms with Crippen molar-refractivity contribution >= 4 is 44.1 Å². The van der Waals surface area contributed by atoms with E-state index in [-0.39, 0.29) is 23.6 Å². The Kier molecular flexibility index (Phi) is 4.63. The van der Waals surface area contributed by atoms with Crippen LogP contribution in [-0.2, 0) is 0 Å². The highest BCUT2D eigenvalue weighted by Crippen LogP contribution is 2.26. The summed E-state index contributed by atoms with van der Waals surface area (Å²) >= 11 is 4.48. The van der Waals surface area contributed by atoms with Crippen LogP contribution in [0.5, 0.6) is 0 Å². The van der Waals surface area contributed by atoms with Gasteiger partial charge >= 0.3 is 0 Å². The molecule has 1 fully saturated rings. The number of anilines is 1. The van der Waals surface area contributed by atoms with Crippen molar-refractivity contribution in [2.24, 2.45) is 0 Å². The van der Waals surface area contributed by atoms with Gasteiger partial charge in [0.15, 0.2) is 10.4 Å². The number of furan rings is 1. The van der Waals surface area contributed by atoms with E-state index in [2.05, 4.69) is 26.6 Å². The third-order valence-electron chi connectivity index (χ3n) is 3.62. The molecule has 1 aliphatic carbocycles. The summed E-state index contributed by atoms with van der Waals surface area (Å²) in [5, 5.41) is 8.08. The number of hydrogen-bond acceptors (Lipinski definition) is 4. The van der Waals surface area contributed by atoms with Crippen molar-refractivity contribution in [3.63, 3.8) is 0 Å². The van der Waals surface area contributed by atoms with E-state index in [4.69, 9.17) is 4.42 Å². The minimum absolute atomic E-state index is 0.135. The average Bonchev–Trinajstić information content (AvgIpc) is 3.20. The van der Waals surface area contributed by atoms with Crippen molar-refractivity contribution in [3.05, 3.63) is 39.6 Å². The van der Waals surface area contributed by atoms with E-state index >= 15 is 0 Å². The number of carbonyl (C=O) groups is 2. The normalized spacial score (nSPS) is 15.0. The largest absolute Gasteiger partial charge is 0.444 e. The molecule has 0 atom stereocenters. The molecule has 0 saturated heterocycles. The molecule has 7 heteroatoms. The first-order valence-electron chi connectivity index (χ1n) is 7.08. The van der Waals surface area contributed by atoms with Crippen molar-refractivity contribution < 1.29 is 14.0 Å². The summed E-state index contributed by atoms with van der Waals surface area (Å²) in [7, 11) is 0. The summed E-state index contributed by atoms with van der Waals surface area (Å²) in [6.07, 6.45) is 4.37. The molecule has 0 unspecified atom stereocenters. The fourth-order valence-electron chi connectivity index (χ4n) is 2.52. The van der Waals surface area contributed by atoms with Crippen molar-refractivity contribution in [3.8, 4) is 0 Å². The Morgan fingerprint density at radius 1 is 1.18 bits per heavy atom. The quantitative estimate of drug-likeness (QED) is 0.838. The van der Waals surface area contributed by atoms with Crippen molar-refractivity contribution in [2.75, 3.05) is 5.32 Å². The number of thiophene rings is 1. The molecule has 2 amide bonds. The van der Waals surface area contributed by atoms with Gasteiger partial charge in [-0.15, -0.1) is 11.3 Å². The van der Waals surface area contributed by atoms with Crippen molar-refractivity contribution in [1.29, 1.82) is 0 Å². The van der Waals surface area contributed by atoms with E-state index < -0.39 is 0 Å². The van der Waals surface area contributed by atoms with Gasteiger partial charge in [-0.25, -0.2) is 0 Å². The second kappa shape index (κ2) is 6.66. The molecule has 2 aromatic rings. The van der Waals surface area contributed by atoms with Gasteiger partial charge in [0.25, 0.3) is 11.8 Å². The van der Waals surface area contributed by atoms with E-state index in [1.807, 2.05) is 0 Å². The van der Waals surface area contributed by atoms with Gasteiger partial charge in [-0.1, -0.05) is 12.8 Å².